The largest absolute Gasteiger partial charge is 0.483 e. The lowest BCUT2D eigenvalue weighted by Crippen LogP contribution is -2.32. The zero-order valence-electron chi connectivity index (χ0n) is 16.9. The molecule has 0 radical (unpaired) electrons. The summed E-state index contributed by atoms with van der Waals surface area (Å²) in [6.45, 7) is -0.379. The number of amides is 1. The summed E-state index contributed by atoms with van der Waals surface area (Å²) in [6, 6.07) is 16.6. The van der Waals surface area contributed by atoms with Crippen molar-refractivity contribution in [2.24, 2.45) is 5.10 Å². The molecule has 1 aromatic heterocycles. The number of hydrogen-bond donors (Lipinski definition) is 2. The van der Waals surface area contributed by atoms with Gasteiger partial charge in [0.1, 0.15) is 11.6 Å². The Bertz CT molecular complexity index is 1500. The third-order valence-corrected chi connectivity index (χ3v) is 4.77. The third-order valence-electron chi connectivity index (χ3n) is 4.54. The fourth-order valence-electron chi connectivity index (χ4n) is 3.04. The van der Waals surface area contributed by atoms with E-state index in [1.807, 2.05) is 0 Å². The van der Waals surface area contributed by atoms with Gasteiger partial charge in [-0.3, -0.25) is 9.59 Å². The molecule has 0 fully saturated rings. The van der Waals surface area contributed by atoms with Crippen LogP contribution in [-0.4, -0.2) is 28.4 Å². The first-order valence-electron chi connectivity index (χ1n) is 9.67. The van der Waals surface area contributed by atoms with Gasteiger partial charge in [0.15, 0.2) is 6.61 Å². The molecule has 0 atom stereocenters. The number of rotatable bonds is 6. The van der Waals surface area contributed by atoms with Crippen molar-refractivity contribution in [3.63, 3.8) is 0 Å². The topological polar surface area (TPSA) is 106 Å². The Kier molecular flexibility index (Phi) is 6.32. The summed E-state index contributed by atoms with van der Waals surface area (Å²) >= 11 is 6.06. The Morgan fingerprint density at radius 3 is 2.76 bits per heavy atom. The standard InChI is InChI=1S/C23H16ClFN4O4/c24-15-8-9-20(33-13-21(30)27-17-5-3-4-16(25)11-17)14(10-15)12-26-29-22(31)18-6-1-2-7-19(18)28-23(29)32/h1-12H,13H2,(H,27,30)(H,28,32). The van der Waals surface area contributed by atoms with E-state index in [1.54, 1.807) is 36.4 Å². The molecule has 4 aromatic rings. The molecule has 33 heavy (non-hydrogen) atoms. The minimum absolute atomic E-state index is 0.239. The predicted molar refractivity (Wildman–Crippen MR) is 124 cm³/mol. The fraction of sp³-hybridized carbons (Fsp3) is 0.0435. The van der Waals surface area contributed by atoms with Crippen LogP contribution in [0.25, 0.3) is 10.9 Å². The molecule has 0 bridgehead atoms. The van der Waals surface area contributed by atoms with Crippen LogP contribution in [0.4, 0.5) is 10.1 Å². The molecule has 0 spiro atoms. The quantitative estimate of drug-likeness (QED) is 0.425. The first kappa shape index (κ1) is 22.0. The van der Waals surface area contributed by atoms with Gasteiger partial charge in [-0.25, -0.2) is 9.18 Å². The molecule has 0 unspecified atom stereocenters. The van der Waals surface area contributed by atoms with Crippen molar-refractivity contribution in [1.29, 1.82) is 0 Å². The molecule has 4 rings (SSSR count). The first-order chi connectivity index (χ1) is 15.9. The van der Waals surface area contributed by atoms with Gasteiger partial charge in [-0.1, -0.05) is 29.8 Å². The second kappa shape index (κ2) is 9.49. The molecule has 0 saturated heterocycles. The van der Waals surface area contributed by atoms with Crippen LogP contribution in [0.15, 0.2) is 81.4 Å². The number of ether oxygens (including phenoxy) is 1. The molecule has 0 aliphatic carbocycles. The average Bonchev–Trinajstić information content (AvgIpc) is 2.78. The van der Waals surface area contributed by atoms with Crippen molar-refractivity contribution < 1.29 is 13.9 Å². The van der Waals surface area contributed by atoms with Crippen LogP contribution >= 0.6 is 11.6 Å². The van der Waals surface area contributed by atoms with E-state index < -0.39 is 23.0 Å². The maximum Gasteiger partial charge on any atom is 0.349 e. The van der Waals surface area contributed by atoms with E-state index in [1.165, 1.54) is 36.5 Å². The van der Waals surface area contributed by atoms with E-state index in [0.717, 1.165) is 0 Å². The highest BCUT2D eigenvalue weighted by Gasteiger charge is 2.10. The van der Waals surface area contributed by atoms with E-state index in [0.29, 0.717) is 26.2 Å². The number of para-hydroxylation sites is 1. The highest BCUT2D eigenvalue weighted by molar-refractivity contribution is 6.30. The Morgan fingerprint density at radius 2 is 1.94 bits per heavy atom. The number of carbonyl (C=O) groups excluding carboxylic acids is 1. The van der Waals surface area contributed by atoms with E-state index in [9.17, 15) is 18.8 Å². The second-order valence-electron chi connectivity index (χ2n) is 6.87. The van der Waals surface area contributed by atoms with Gasteiger partial charge in [-0.2, -0.15) is 5.10 Å². The number of benzene rings is 3. The van der Waals surface area contributed by atoms with Crippen molar-refractivity contribution >= 4 is 40.3 Å². The van der Waals surface area contributed by atoms with Gasteiger partial charge in [-0.05, 0) is 48.5 Å². The number of carbonyl (C=O) groups is 1. The number of H-pyrrole nitrogens is 1. The van der Waals surface area contributed by atoms with Crippen LogP contribution in [0.2, 0.25) is 5.02 Å². The van der Waals surface area contributed by atoms with Gasteiger partial charge in [-0.15, -0.1) is 4.68 Å². The predicted octanol–water partition coefficient (Wildman–Crippen LogP) is 3.38. The molecule has 1 heterocycles. The minimum atomic E-state index is -0.714. The normalized spacial score (nSPS) is 11.1. The zero-order valence-corrected chi connectivity index (χ0v) is 17.7. The third kappa shape index (κ3) is 5.16. The summed E-state index contributed by atoms with van der Waals surface area (Å²) in [4.78, 5) is 39.7. The molecular formula is C23H16ClFN4O4. The lowest BCUT2D eigenvalue weighted by molar-refractivity contribution is -0.118. The smallest absolute Gasteiger partial charge is 0.349 e. The Morgan fingerprint density at radius 1 is 1.12 bits per heavy atom. The number of halogens is 2. The van der Waals surface area contributed by atoms with Crippen LogP contribution in [0.1, 0.15) is 5.56 Å². The highest BCUT2D eigenvalue weighted by Crippen LogP contribution is 2.21. The number of fused-ring (bicyclic) bond motifs is 1. The molecule has 0 saturated carbocycles. The monoisotopic (exact) mass is 466 g/mol. The van der Waals surface area contributed by atoms with Crippen molar-refractivity contribution in [3.8, 4) is 5.75 Å². The van der Waals surface area contributed by atoms with Gasteiger partial charge in [0.05, 0.1) is 17.1 Å². The van der Waals surface area contributed by atoms with Gasteiger partial charge in [0.25, 0.3) is 11.5 Å². The number of nitrogens with one attached hydrogen (secondary N) is 2. The van der Waals surface area contributed by atoms with Crippen LogP contribution < -0.4 is 21.3 Å². The lowest BCUT2D eigenvalue weighted by atomic mass is 10.2. The molecule has 1 amide bonds. The summed E-state index contributed by atoms with van der Waals surface area (Å²) in [5.74, 6) is -0.757. The van der Waals surface area contributed by atoms with E-state index >= 15 is 0 Å². The lowest BCUT2D eigenvalue weighted by Gasteiger charge is -2.10. The average molecular weight is 467 g/mol. The fourth-order valence-corrected chi connectivity index (χ4v) is 3.22. The maximum atomic E-state index is 13.3. The molecule has 166 valence electrons. The van der Waals surface area contributed by atoms with E-state index in [-0.39, 0.29) is 18.0 Å². The molecule has 0 aliphatic heterocycles. The maximum absolute atomic E-state index is 13.3. The van der Waals surface area contributed by atoms with E-state index in [2.05, 4.69) is 15.4 Å². The van der Waals surface area contributed by atoms with Crippen LogP contribution in [-0.2, 0) is 4.79 Å². The SMILES string of the molecule is O=C(COc1ccc(Cl)cc1C=Nn1c(=O)[nH]c2ccccc2c1=O)Nc1cccc(F)c1. The summed E-state index contributed by atoms with van der Waals surface area (Å²) in [7, 11) is 0. The molecule has 8 nitrogen and oxygen atoms in total. The van der Waals surface area contributed by atoms with Gasteiger partial charge < -0.3 is 15.0 Å². The van der Waals surface area contributed by atoms with Crippen LogP contribution in [0.5, 0.6) is 5.75 Å². The number of aromatic nitrogens is 2. The van der Waals surface area contributed by atoms with Crippen molar-refractivity contribution in [3.05, 3.63) is 104 Å². The highest BCUT2D eigenvalue weighted by atomic mass is 35.5. The summed E-state index contributed by atoms with van der Waals surface area (Å²) in [5, 5.41) is 7.16. The van der Waals surface area contributed by atoms with Gasteiger partial charge in [0.2, 0.25) is 0 Å². The summed E-state index contributed by atoms with van der Waals surface area (Å²) in [5.41, 5.74) is -0.287. The number of hydrogen-bond acceptors (Lipinski definition) is 5. The number of anilines is 1. The minimum Gasteiger partial charge on any atom is -0.483 e. The molecule has 3 aromatic carbocycles. The van der Waals surface area contributed by atoms with Crippen LogP contribution in [0, 0.1) is 5.82 Å². The number of aromatic amines is 1. The van der Waals surface area contributed by atoms with Crippen molar-refractivity contribution in [2.75, 3.05) is 11.9 Å². The van der Waals surface area contributed by atoms with Gasteiger partial charge in [0, 0.05) is 16.3 Å². The van der Waals surface area contributed by atoms with Gasteiger partial charge >= 0.3 is 5.69 Å². The number of nitrogens with zero attached hydrogens (tertiary/aromatic N) is 2. The molecular weight excluding hydrogens is 451 g/mol. The molecule has 0 aliphatic rings. The summed E-state index contributed by atoms with van der Waals surface area (Å²) in [6.07, 6.45) is 1.23. The van der Waals surface area contributed by atoms with Crippen molar-refractivity contribution in [1.82, 2.24) is 9.66 Å². The van der Waals surface area contributed by atoms with Crippen LogP contribution in [0.3, 0.4) is 0 Å². The summed E-state index contributed by atoms with van der Waals surface area (Å²) < 4.78 is 19.5. The molecule has 10 heteroatoms. The molecule has 2 N–H and O–H groups in total. The zero-order chi connectivity index (χ0) is 23.4. The van der Waals surface area contributed by atoms with Crippen molar-refractivity contribution in [2.45, 2.75) is 0 Å². The van der Waals surface area contributed by atoms with E-state index in [4.69, 9.17) is 16.3 Å². The Balaban J connectivity index is 1.56. The Labute approximate surface area is 190 Å². The second-order valence-corrected chi connectivity index (χ2v) is 7.30. The first-order valence-corrected chi connectivity index (χ1v) is 10.0. The Hall–Kier alpha value is -4.24.